The van der Waals surface area contributed by atoms with Crippen LogP contribution in [-0.2, 0) is 4.74 Å². The molecule has 2 rings (SSSR count). The van der Waals surface area contributed by atoms with Gasteiger partial charge in [0.25, 0.3) is 6.43 Å². The highest BCUT2D eigenvalue weighted by Crippen LogP contribution is 2.26. The van der Waals surface area contributed by atoms with E-state index in [-0.39, 0.29) is 0 Å². The molecule has 0 radical (unpaired) electrons. The van der Waals surface area contributed by atoms with E-state index in [1.807, 2.05) is 0 Å². The zero-order valence-electron chi connectivity index (χ0n) is 10.2. The van der Waals surface area contributed by atoms with Crippen LogP contribution in [0.25, 0.3) is 0 Å². The topological polar surface area (TPSA) is 24.5 Å². The molecule has 2 fully saturated rings. The van der Waals surface area contributed by atoms with Crippen molar-refractivity contribution in [1.82, 2.24) is 10.2 Å². The molecule has 0 amide bonds. The zero-order chi connectivity index (χ0) is 12.1. The Morgan fingerprint density at radius 1 is 1.29 bits per heavy atom. The highest BCUT2D eigenvalue weighted by molar-refractivity contribution is 4.88. The van der Waals surface area contributed by atoms with Gasteiger partial charge in [0.1, 0.15) is 6.61 Å². The molecule has 5 heteroatoms. The minimum Gasteiger partial charge on any atom is -0.374 e. The summed E-state index contributed by atoms with van der Waals surface area (Å²) in [7, 11) is 0. The van der Waals surface area contributed by atoms with Crippen LogP contribution in [0.4, 0.5) is 8.78 Å². The van der Waals surface area contributed by atoms with Crippen molar-refractivity contribution in [1.29, 1.82) is 0 Å². The molecule has 2 saturated heterocycles. The van der Waals surface area contributed by atoms with Crippen LogP contribution in [0, 0.1) is 0 Å². The largest absolute Gasteiger partial charge is 0.374 e. The zero-order valence-corrected chi connectivity index (χ0v) is 10.2. The van der Waals surface area contributed by atoms with Gasteiger partial charge >= 0.3 is 0 Å². The number of rotatable bonds is 6. The van der Waals surface area contributed by atoms with E-state index >= 15 is 0 Å². The summed E-state index contributed by atoms with van der Waals surface area (Å²) in [5, 5.41) is 3.41. The molecule has 2 aliphatic rings. The Labute approximate surface area is 101 Å². The molecule has 100 valence electrons. The molecule has 0 aromatic heterocycles. The monoisotopic (exact) mass is 248 g/mol. The predicted octanol–water partition coefficient (Wildman–Crippen LogP) is 1.48. The van der Waals surface area contributed by atoms with E-state index in [9.17, 15) is 8.78 Å². The Bertz CT molecular complexity index is 229. The Morgan fingerprint density at radius 2 is 2.18 bits per heavy atom. The van der Waals surface area contributed by atoms with E-state index in [4.69, 9.17) is 4.74 Å². The fourth-order valence-corrected chi connectivity index (χ4v) is 2.92. The molecule has 17 heavy (non-hydrogen) atoms. The number of nitrogens with one attached hydrogen (secondary N) is 1. The summed E-state index contributed by atoms with van der Waals surface area (Å²) in [4.78, 5) is 2.57. The molecule has 0 saturated carbocycles. The second kappa shape index (κ2) is 6.61. The number of hydrogen-bond donors (Lipinski definition) is 1. The van der Waals surface area contributed by atoms with E-state index in [1.165, 1.54) is 38.8 Å². The number of fused-ring (bicyclic) bond motifs is 1. The van der Waals surface area contributed by atoms with Crippen molar-refractivity contribution < 1.29 is 13.5 Å². The first kappa shape index (κ1) is 13.2. The van der Waals surface area contributed by atoms with Crippen molar-refractivity contribution in [2.75, 3.05) is 32.8 Å². The summed E-state index contributed by atoms with van der Waals surface area (Å²) in [6.07, 6.45) is 2.67. The van der Waals surface area contributed by atoms with Crippen LogP contribution in [0.15, 0.2) is 0 Å². The molecular formula is C12H22F2N2O. The predicted molar refractivity (Wildman–Crippen MR) is 62.4 cm³/mol. The second-order valence-corrected chi connectivity index (χ2v) is 4.97. The van der Waals surface area contributed by atoms with Crippen LogP contribution < -0.4 is 5.32 Å². The van der Waals surface area contributed by atoms with E-state index in [2.05, 4.69) is 10.2 Å². The van der Waals surface area contributed by atoms with Crippen molar-refractivity contribution in [3.63, 3.8) is 0 Å². The molecule has 3 nitrogen and oxygen atoms in total. The summed E-state index contributed by atoms with van der Waals surface area (Å²) in [5.74, 6) is 0. The Kier molecular flexibility index (Phi) is 5.13. The summed E-state index contributed by atoms with van der Waals surface area (Å²) in [6.45, 7) is 3.07. The van der Waals surface area contributed by atoms with E-state index in [1.54, 1.807) is 0 Å². The standard InChI is InChI=1S/C12H22F2N2O/c13-12(14)9-17-7-4-15-10-3-6-16-5-1-2-11(16)8-10/h10-12,15H,1-9H2. The van der Waals surface area contributed by atoms with E-state index < -0.39 is 13.0 Å². The first-order chi connectivity index (χ1) is 8.25. The summed E-state index contributed by atoms with van der Waals surface area (Å²) in [5.41, 5.74) is 0. The average Bonchev–Trinajstić information content (AvgIpc) is 2.75. The van der Waals surface area contributed by atoms with Gasteiger partial charge in [0, 0.05) is 18.6 Å². The van der Waals surface area contributed by atoms with Crippen molar-refractivity contribution in [3.8, 4) is 0 Å². The lowest BCUT2D eigenvalue weighted by Gasteiger charge is -2.35. The lowest BCUT2D eigenvalue weighted by atomic mass is 9.98. The normalized spacial score (nSPS) is 29.8. The van der Waals surface area contributed by atoms with Gasteiger partial charge < -0.3 is 15.0 Å². The minimum atomic E-state index is -2.35. The number of alkyl halides is 2. The van der Waals surface area contributed by atoms with Gasteiger partial charge in [-0.05, 0) is 38.8 Å². The highest BCUT2D eigenvalue weighted by atomic mass is 19.3. The molecular weight excluding hydrogens is 226 g/mol. The molecule has 2 unspecified atom stereocenters. The van der Waals surface area contributed by atoms with Gasteiger partial charge in [0.05, 0.1) is 6.61 Å². The first-order valence-corrected chi connectivity index (χ1v) is 6.59. The second-order valence-electron chi connectivity index (χ2n) is 4.97. The first-order valence-electron chi connectivity index (χ1n) is 6.59. The van der Waals surface area contributed by atoms with Gasteiger partial charge in [-0.15, -0.1) is 0 Å². The Morgan fingerprint density at radius 3 is 3.00 bits per heavy atom. The number of hydrogen-bond acceptors (Lipinski definition) is 3. The SMILES string of the molecule is FC(F)COCCNC1CCN2CCCC2C1. The highest BCUT2D eigenvalue weighted by Gasteiger charge is 2.31. The fourth-order valence-electron chi connectivity index (χ4n) is 2.92. The van der Waals surface area contributed by atoms with Gasteiger partial charge in [-0.25, -0.2) is 8.78 Å². The van der Waals surface area contributed by atoms with Gasteiger partial charge in [-0.1, -0.05) is 0 Å². The summed E-state index contributed by atoms with van der Waals surface area (Å²) >= 11 is 0. The van der Waals surface area contributed by atoms with Gasteiger partial charge in [0.2, 0.25) is 0 Å². The fraction of sp³-hybridized carbons (Fsp3) is 1.00. The molecule has 0 aromatic carbocycles. The molecule has 2 atom stereocenters. The van der Waals surface area contributed by atoms with Crippen molar-refractivity contribution >= 4 is 0 Å². The molecule has 2 aliphatic heterocycles. The van der Waals surface area contributed by atoms with Crippen LogP contribution >= 0.6 is 0 Å². The van der Waals surface area contributed by atoms with Crippen molar-refractivity contribution in [2.45, 2.75) is 44.2 Å². The average molecular weight is 248 g/mol. The van der Waals surface area contributed by atoms with Crippen LogP contribution in [0.5, 0.6) is 0 Å². The number of halogens is 2. The maximum atomic E-state index is 11.8. The van der Waals surface area contributed by atoms with Crippen LogP contribution in [0.3, 0.4) is 0 Å². The van der Waals surface area contributed by atoms with E-state index in [0.717, 1.165) is 6.04 Å². The van der Waals surface area contributed by atoms with Crippen LogP contribution in [0.1, 0.15) is 25.7 Å². The lowest BCUT2D eigenvalue weighted by Crippen LogP contribution is -2.46. The molecule has 0 aromatic rings. The van der Waals surface area contributed by atoms with Gasteiger partial charge in [-0.2, -0.15) is 0 Å². The van der Waals surface area contributed by atoms with E-state index in [0.29, 0.717) is 19.2 Å². The lowest BCUT2D eigenvalue weighted by molar-refractivity contribution is 0.0174. The maximum absolute atomic E-state index is 11.8. The molecule has 1 N–H and O–H groups in total. The Balaban J connectivity index is 1.54. The number of piperidine rings is 1. The minimum absolute atomic E-state index is 0.384. The molecule has 0 bridgehead atoms. The summed E-state index contributed by atoms with van der Waals surface area (Å²) in [6, 6.07) is 1.30. The molecule has 2 heterocycles. The Hall–Kier alpha value is -0.260. The van der Waals surface area contributed by atoms with Crippen molar-refractivity contribution in [3.05, 3.63) is 0 Å². The summed E-state index contributed by atoms with van der Waals surface area (Å²) < 4.78 is 28.5. The van der Waals surface area contributed by atoms with Crippen LogP contribution in [0.2, 0.25) is 0 Å². The third-order valence-corrected chi connectivity index (χ3v) is 3.74. The molecule has 0 aliphatic carbocycles. The maximum Gasteiger partial charge on any atom is 0.261 e. The van der Waals surface area contributed by atoms with Crippen LogP contribution in [-0.4, -0.2) is 56.3 Å². The van der Waals surface area contributed by atoms with Crippen molar-refractivity contribution in [2.24, 2.45) is 0 Å². The van der Waals surface area contributed by atoms with Gasteiger partial charge in [-0.3, -0.25) is 0 Å². The smallest absolute Gasteiger partial charge is 0.261 e. The quantitative estimate of drug-likeness (QED) is 0.721. The third kappa shape index (κ3) is 4.16. The molecule has 0 spiro atoms. The number of nitrogens with zero attached hydrogens (tertiary/aromatic N) is 1. The third-order valence-electron chi connectivity index (χ3n) is 3.74. The number of ether oxygens (including phenoxy) is 1. The van der Waals surface area contributed by atoms with Gasteiger partial charge in [0.15, 0.2) is 0 Å².